The number of rotatable bonds is 7. The van der Waals surface area contributed by atoms with E-state index in [0.717, 1.165) is 5.69 Å². The van der Waals surface area contributed by atoms with Crippen molar-refractivity contribution in [2.24, 2.45) is 5.73 Å². The second-order valence-electron chi connectivity index (χ2n) is 7.22. The van der Waals surface area contributed by atoms with Gasteiger partial charge in [-0.25, -0.2) is 0 Å². The summed E-state index contributed by atoms with van der Waals surface area (Å²) in [5.41, 5.74) is 7.37. The van der Waals surface area contributed by atoms with Gasteiger partial charge in [-0.2, -0.15) is 0 Å². The Bertz CT molecular complexity index is 929. The number of carbonyl (C=O) groups is 3. The number of ether oxygens (including phenoxy) is 1. The number of benzene rings is 2. The van der Waals surface area contributed by atoms with Crippen LogP contribution in [0.4, 0.5) is 17.1 Å². The number of nitrogens with two attached hydrogens (primary N) is 1. The second kappa shape index (κ2) is 9.30. The van der Waals surface area contributed by atoms with E-state index in [0.29, 0.717) is 23.7 Å². The quantitative estimate of drug-likeness (QED) is 0.728. The molecule has 1 heterocycles. The summed E-state index contributed by atoms with van der Waals surface area (Å²) in [6.07, 6.45) is 0.315. The summed E-state index contributed by atoms with van der Waals surface area (Å²) in [6, 6.07) is 14.2. The molecule has 1 aliphatic rings. The zero-order valence-electron chi connectivity index (χ0n) is 17.1. The molecule has 0 bridgehead atoms. The van der Waals surface area contributed by atoms with Crippen molar-refractivity contribution in [1.29, 1.82) is 0 Å². The van der Waals surface area contributed by atoms with E-state index in [1.807, 2.05) is 42.2 Å². The van der Waals surface area contributed by atoms with Gasteiger partial charge in [-0.3, -0.25) is 14.4 Å². The fourth-order valence-corrected chi connectivity index (χ4v) is 3.54. The molecule has 1 aliphatic heterocycles. The first-order valence-corrected chi connectivity index (χ1v) is 9.77. The molecule has 0 aliphatic carbocycles. The maximum Gasteiger partial charge on any atom is 0.246 e. The first-order chi connectivity index (χ1) is 14.4. The smallest absolute Gasteiger partial charge is 0.246 e. The molecule has 158 valence electrons. The molecule has 0 saturated heterocycles. The number of amides is 3. The molecule has 0 fully saturated rings. The molecule has 8 nitrogen and oxygen atoms in total. The van der Waals surface area contributed by atoms with Gasteiger partial charge in [0.15, 0.2) is 0 Å². The number of primary amides is 1. The van der Waals surface area contributed by atoms with Crippen LogP contribution in [0.5, 0.6) is 5.75 Å². The van der Waals surface area contributed by atoms with E-state index in [-0.39, 0.29) is 37.2 Å². The normalized spacial score (nSPS) is 15.6. The van der Waals surface area contributed by atoms with E-state index in [2.05, 4.69) is 5.32 Å². The van der Waals surface area contributed by atoms with Crippen LogP contribution in [-0.2, 0) is 14.4 Å². The number of anilines is 3. The van der Waals surface area contributed by atoms with Crippen LogP contribution in [0.2, 0.25) is 0 Å². The molecule has 3 amide bonds. The van der Waals surface area contributed by atoms with E-state index in [1.165, 1.54) is 0 Å². The van der Waals surface area contributed by atoms with Crippen molar-refractivity contribution >= 4 is 34.8 Å². The topological polar surface area (TPSA) is 105 Å². The van der Waals surface area contributed by atoms with Gasteiger partial charge in [-0.1, -0.05) is 12.1 Å². The number of nitrogens with zero attached hydrogens (tertiary/aromatic N) is 2. The van der Waals surface area contributed by atoms with Crippen LogP contribution in [0.1, 0.15) is 19.8 Å². The number of hydrogen-bond donors (Lipinski definition) is 2. The number of fused-ring (bicyclic) bond motifs is 1. The van der Waals surface area contributed by atoms with E-state index in [4.69, 9.17) is 10.5 Å². The lowest BCUT2D eigenvalue weighted by atomic mass is 10.1. The molecular weight excluding hydrogens is 384 g/mol. The number of carbonyl (C=O) groups excluding carboxylic acids is 3. The van der Waals surface area contributed by atoms with Crippen molar-refractivity contribution in [1.82, 2.24) is 0 Å². The van der Waals surface area contributed by atoms with Gasteiger partial charge in [0.05, 0.1) is 25.0 Å². The molecule has 0 spiro atoms. The summed E-state index contributed by atoms with van der Waals surface area (Å²) < 4.78 is 5.19. The largest absolute Gasteiger partial charge is 0.497 e. The Labute approximate surface area is 175 Å². The highest BCUT2D eigenvalue weighted by Gasteiger charge is 2.30. The van der Waals surface area contributed by atoms with Crippen molar-refractivity contribution < 1.29 is 19.1 Å². The summed E-state index contributed by atoms with van der Waals surface area (Å²) in [5.74, 6) is -0.0541. The van der Waals surface area contributed by atoms with Gasteiger partial charge in [0, 0.05) is 31.1 Å². The number of methoxy groups -OCH3 is 1. The summed E-state index contributed by atoms with van der Waals surface area (Å²) in [7, 11) is 1.58. The molecule has 2 aromatic carbocycles. The Hall–Kier alpha value is -3.55. The Morgan fingerprint density at radius 2 is 1.90 bits per heavy atom. The Kier molecular flexibility index (Phi) is 6.56. The van der Waals surface area contributed by atoms with Crippen LogP contribution in [0.25, 0.3) is 0 Å². The minimum atomic E-state index is -0.441. The molecule has 1 atom stereocenters. The van der Waals surface area contributed by atoms with Crippen LogP contribution in [0.3, 0.4) is 0 Å². The summed E-state index contributed by atoms with van der Waals surface area (Å²) in [6.45, 7) is 2.18. The molecule has 3 rings (SSSR count). The highest BCUT2D eigenvalue weighted by atomic mass is 16.5. The molecule has 30 heavy (non-hydrogen) atoms. The predicted molar refractivity (Wildman–Crippen MR) is 116 cm³/mol. The zero-order valence-corrected chi connectivity index (χ0v) is 17.1. The van der Waals surface area contributed by atoms with Crippen molar-refractivity contribution in [3.8, 4) is 5.75 Å². The molecule has 0 radical (unpaired) electrons. The maximum atomic E-state index is 13.4. The lowest BCUT2D eigenvalue weighted by molar-refractivity contribution is -0.119. The van der Waals surface area contributed by atoms with Crippen molar-refractivity contribution in [3.05, 3.63) is 48.5 Å². The van der Waals surface area contributed by atoms with Gasteiger partial charge in [0.2, 0.25) is 17.7 Å². The summed E-state index contributed by atoms with van der Waals surface area (Å²) in [5, 5.41) is 2.85. The molecular formula is C22H26N4O4. The van der Waals surface area contributed by atoms with Crippen molar-refractivity contribution in [2.75, 3.05) is 35.3 Å². The second-order valence-corrected chi connectivity index (χ2v) is 7.22. The van der Waals surface area contributed by atoms with Gasteiger partial charge in [-0.15, -0.1) is 0 Å². The third-order valence-corrected chi connectivity index (χ3v) is 5.02. The van der Waals surface area contributed by atoms with Crippen LogP contribution in [-0.4, -0.2) is 44.0 Å². The first-order valence-electron chi connectivity index (χ1n) is 9.77. The highest BCUT2D eigenvalue weighted by molar-refractivity contribution is 6.05. The molecule has 8 heteroatoms. The molecule has 0 aromatic heterocycles. The minimum Gasteiger partial charge on any atom is -0.497 e. The van der Waals surface area contributed by atoms with Gasteiger partial charge in [0.25, 0.3) is 0 Å². The van der Waals surface area contributed by atoms with Gasteiger partial charge in [-0.05, 0) is 43.3 Å². The maximum absolute atomic E-state index is 13.4. The van der Waals surface area contributed by atoms with E-state index in [9.17, 15) is 14.4 Å². The zero-order chi connectivity index (χ0) is 21.7. The summed E-state index contributed by atoms with van der Waals surface area (Å²) >= 11 is 0. The first kappa shape index (κ1) is 21.2. The third kappa shape index (κ3) is 4.89. The third-order valence-electron chi connectivity index (χ3n) is 5.02. The van der Waals surface area contributed by atoms with Crippen molar-refractivity contribution in [2.45, 2.75) is 25.8 Å². The fraction of sp³-hybridized carbons (Fsp3) is 0.318. The Morgan fingerprint density at radius 3 is 2.57 bits per heavy atom. The van der Waals surface area contributed by atoms with E-state index >= 15 is 0 Å². The van der Waals surface area contributed by atoms with Gasteiger partial charge >= 0.3 is 0 Å². The van der Waals surface area contributed by atoms with Crippen LogP contribution in [0.15, 0.2) is 48.5 Å². The molecule has 2 aromatic rings. The minimum absolute atomic E-state index is 0.0342. The predicted octanol–water partition coefficient (Wildman–Crippen LogP) is 2.14. The number of hydrogen-bond acceptors (Lipinski definition) is 5. The average molecular weight is 410 g/mol. The van der Waals surface area contributed by atoms with Gasteiger partial charge in [0.1, 0.15) is 5.75 Å². The Morgan fingerprint density at radius 1 is 1.20 bits per heavy atom. The average Bonchev–Trinajstić information content (AvgIpc) is 2.85. The SMILES string of the molecule is COc1ccc(N(CCC(N)=O)CC(=O)N2c3ccccc3NC(=O)C[C@H]2C)cc1. The van der Waals surface area contributed by atoms with Crippen LogP contribution >= 0.6 is 0 Å². The Balaban J connectivity index is 1.88. The molecule has 0 unspecified atom stereocenters. The summed E-state index contributed by atoms with van der Waals surface area (Å²) in [4.78, 5) is 40.4. The number of nitrogens with one attached hydrogen (secondary N) is 1. The monoisotopic (exact) mass is 410 g/mol. The lowest BCUT2D eigenvalue weighted by Crippen LogP contribution is -2.45. The van der Waals surface area contributed by atoms with Crippen molar-refractivity contribution in [3.63, 3.8) is 0 Å². The number of para-hydroxylation sites is 2. The highest BCUT2D eigenvalue weighted by Crippen LogP contribution is 2.31. The molecule has 3 N–H and O–H groups in total. The standard InChI is InChI=1S/C22H26N4O4/c1-15-13-21(28)24-18-5-3-4-6-19(18)26(15)22(29)14-25(12-11-20(23)27)16-7-9-17(30-2)10-8-16/h3-10,15H,11-14H2,1-2H3,(H2,23,27)(H,24,28)/t15-/m1/s1. The lowest BCUT2D eigenvalue weighted by Gasteiger charge is -2.31. The van der Waals surface area contributed by atoms with Gasteiger partial charge < -0.3 is 25.6 Å². The molecule has 0 saturated carbocycles. The fourth-order valence-electron chi connectivity index (χ4n) is 3.54. The van der Waals surface area contributed by atoms with Crippen LogP contribution in [0, 0.1) is 0 Å². The van der Waals surface area contributed by atoms with E-state index in [1.54, 1.807) is 30.2 Å². The van der Waals surface area contributed by atoms with Crippen LogP contribution < -0.4 is 25.6 Å². The van der Waals surface area contributed by atoms with E-state index < -0.39 is 5.91 Å².